The smallest absolute Gasteiger partial charge is 0.312 e. The number of hydrogen-bond donors (Lipinski definition) is 0. The summed E-state index contributed by atoms with van der Waals surface area (Å²) in [5.74, 6) is 0. The van der Waals surface area contributed by atoms with Gasteiger partial charge in [-0.25, -0.2) is 0 Å². The maximum absolute atomic E-state index is 11.8. The number of allylic oxidation sites excluding steroid dienone is 1. The van der Waals surface area contributed by atoms with E-state index >= 15 is 0 Å². The summed E-state index contributed by atoms with van der Waals surface area (Å²) in [5.41, 5.74) is 0.971. The van der Waals surface area contributed by atoms with Crippen LogP contribution in [0.1, 0.15) is 5.56 Å². The Labute approximate surface area is 90.3 Å². The van der Waals surface area contributed by atoms with Crippen LogP contribution in [-0.2, 0) is 20.2 Å². The van der Waals surface area contributed by atoms with Gasteiger partial charge in [-0.05, 0) is 5.56 Å². The van der Waals surface area contributed by atoms with Crippen LogP contribution in [0.4, 0.5) is 0 Å². The molecule has 1 atom stereocenters. The molecule has 4 heteroatoms. The predicted molar refractivity (Wildman–Crippen MR) is 60.9 cm³/mol. The number of rotatable bonds is 6. The molecule has 0 aliphatic heterocycles. The molecule has 0 spiro atoms. The Balaban J connectivity index is 2.55. The van der Waals surface area contributed by atoms with E-state index in [1.807, 2.05) is 30.3 Å². The first-order valence-corrected chi connectivity index (χ1v) is 6.37. The van der Waals surface area contributed by atoms with Gasteiger partial charge in [0.05, 0.1) is 12.8 Å². The molecule has 0 aliphatic carbocycles. The average molecular weight is 226 g/mol. The van der Waals surface area contributed by atoms with E-state index in [2.05, 4.69) is 6.58 Å². The van der Waals surface area contributed by atoms with Crippen LogP contribution in [0.2, 0.25) is 0 Å². The molecule has 3 nitrogen and oxygen atoms in total. The van der Waals surface area contributed by atoms with Crippen molar-refractivity contribution in [2.75, 3.05) is 13.3 Å². The van der Waals surface area contributed by atoms with Crippen LogP contribution in [0.15, 0.2) is 43.0 Å². The molecule has 1 rings (SSSR count). The molecule has 0 saturated carbocycles. The molecule has 0 aromatic heterocycles. The van der Waals surface area contributed by atoms with Gasteiger partial charge in [0.15, 0.2) is 0 Å². The maximum Gasteiger partial charge on any atom is 0.334 e. The lowest BCUT2D eigenvalue weighted by Gasteiger charge is -2.14. The van der Waals surface area contributed by atoms with Crippen molar-refractivity contribution in [3.63, 3.8) is 0 Å². The van der Waals surface area contributed by atoms with Crippen LogP contribution in [0, 0.1) is 0 Å². The van der Waals surface area contributed by atoms with Gasteiger partial charge in [0, 0.05) is 7.11 Å². The van der Waals surface area contributed by atoms with Gasteiger partial charge < -0.3 is 9.05 Å². The van der Waals surface area contributed by atoms with Gasteiger partial charge in [-0.1, -0.05) is 36.4 Å². The third kappa shape index (κ3) is 4.00. The van der Waals surface area contributed by atoms with Crippen LogP contribution in [0.5, 0.6) is 0 Å². The molecule has 1 unspecified atom stereocenters. The fraction of sp³-hybridized carbons (Fsp3) is 0.273. The van der Waals surface area contributed by atoms with Crippen molar-refractivity contribution >= 4 is 7.60 Å². The molecular formula is C11H15O3P. The molecule has 0 aliphatic rings. The Kier molecular flexibility index (Phi) is 4.76. The maximum atomic E-state index is 11.8. The van der Waals surface area contributed by atoms with Gasteiger partial charge in [-0.3, -0.25) is 4.57 Å². The first-order chi connectivity index (χ1) is 7.20. The summed E-state index contributed by atoms with van der Waals surface area (Å²) in [5, 5.41) is 0. The zero-order valence-corrected chi connectivity index (χ0v) is 9.65. The van der Waals surface area contributed by atoms with Gasteiger partial charge in [-0.15, -0.1) is 6.58 Å². The van der Waals surface area contributed by atoms with E-state index in [0.29, 0.717) is 6.61 Å². The SMILES string of the molecule is C=CCP(=O)(OC)OCc1ccccc1. The summed E-state index contributed by atoms with van der Waals surface area (Å²) in [6.45, 7) is 3.81. The first-order valence-electron chi connectivity index (χ1n) is 4.64. The summed E-state index contributed by atoms with van der Waals surface area (Å²) in [6, 6.07) is 9.55. The van der Waals surface area contributed by atoms with Gasteiger partial charge in [0.1, 0.15) is 0 Å². The third-order valence-corrected chi connectivity index (χ3v) is 3.69. The van der Waals surface area contributed by atoms with Crippen molar-refractivity contribution in [1.82, 2.24) is 0 Å². The Bertz CT molecular complexity index is 348. The molecule has 0 fully saturated rings. The normalized spacial score (nSPS) is 14.5. The predicted octanol–water partition coefficient (Wildman–Crippen LogP) is 3.23. The van der Waals surface area contributed by atoms with Crippen molar-refractivity contribution in [3.05, 3.63) is 48.6 Å². The zero-order chi connectivity index (χ0) is 11.1. The largest absolute Gasteiger partial charge is 0.334 e. The molecule has 82 valence electrons. The Morgan fingerprint density at radius 3 is 2.60 bits per heavy atom. The minimum Gasteiger partial charge on any atom is -0.312 e. The molecule has 0 heterocycles. The third-order valence-electron chi connectivity index (χ3n) is 1.90. The Hall–Kier alpha value is -0.890. The van der Waals surface area contributed by atoms with E-state index in [0.717, 1.165) is 5.56 Å². The van der Waals surface area contributed by atoms with Crippen LogP contribution in [0.3, 0.4) is 0 Å². The fourth-order valence-electron chi connectivity index (χ4n) is 1.09. The number of benzene rings is 1. The van der Waals surface area contributed by atoms with Crippen LogP contribution >= 0.6 is 7.60 Å². The highest BCUT2D eigenvalue weighted by Crippen LogP contribution is 2.47. The molecule has 1 aromatic carbocycles. The van der Waals surface area contributed by atoms with Crippen molar-refractivity contribution < 1.29 is 13.6 Å². The minimum absolute atomic E-state index is 0.232. The lowest BCUT2D eigenvalue weighted by Crippen LogP contribution is -1.96. The Morgan fingerprint density at radius 1 is 1.40 bits per heavy atom. The highest BCUT2D eigenvalue weighted by atomic mass is 31.2. The van der Waals surface area contributed by atoms with Crippen molar-refractivity contribution in [1.29, 1.82) is 0 Å². The second-order valence-electron chi connectivity index (χ2n) is 3.02. The van der Waals surface area contributed by atoms with Crippen LogP contribution in [0.25, 0.3) is 0 Å². The second-order valence-corrected chi connectivity index (χ2v) is 5.23. The van der Waals surface area contributed by atoms with Crippen molar-refractivity contribution in [2.45, 2.75) is 6.61 Å². The van der Waals surface area contributed by atoms with Crippen LogP contribution < -0.4 is 0 Å². The quantitative estimate of drug-likeness (QED) is 0.551. The summed E-state index contributed by atoms with van der Waals surface area (Å²) in [7, 11) is -1.60. The highest BCUT2D eigenvalue weighted by molar-refractivity contribution is 7.54. The molecule has 0 radical (unpaired) electrons. The molecule has 0 bridgehead atoms. The zero-order valence-electron chi connectivity index (χ0n) is 8.76. The topological polar surface area (TPSA) is 35.5 Å². The molecule has 0 saturated heterocycles. The van der Waals surface area contributed by atoms with Crippen LogP contribution in [-0.4, -0.2) is 13.3 Å². The molecular weight excluding hydrogens is 211 g/mol. The standard InChI is InChI=1S/C11H15O3P/c1-3-9-15(12,13-2)14-10-11-7-5-4-6-8-11/h3-8H,1,9-10H2,2H3. The van der Waals surface area contributed by atoms with Gasteiger partial charge in [-0.2, -0.15) is 0 Å². The fourth-order valence-corrected chi connectivity index (χ4v) is 2.11. The number of hydrogen-bond acceptors (Lipinski definition) is 3. The van der Waals surface area contributed by atoms with E-state index in [1.165, 1.54) is 13.2 Å². The van der Waals surface area contributed by atoms with Crippen molar-refractivity contribution in [3.8, 4) is 0 Å². The molecule has 0 N–H and O–H groups in total. The minimum atomic E-state index is -2.98. The van der Waals surface area contributed by atoms with Gasteiger partial charge in [0.25, 0.3) is 0 Å². The highest BCUT2D eigenvalue weighted by Gasteiger charge is 2.20. The first kappa shape index (κ1) is 12.2. The van der Waals surface area contributed by atoms with E-state index in [9.17, 15) is 4.57 Å². The van der Waals surface area contributed by atoms with E-state index in [1.54, 1.807) is 0 Å². The van der Waals surface area contributed by atoms with E-state index in [-0.39, 0.29) is 6.16 Å². The Morgan fingerprint density at radius 2 is 2.07 bits per heavy atom. The molecule has 1 aromatic rings. The summed E-state index contributed by atoms with van der Waals surface area (Å²) >= 11 is 0. The summed E-state index contributed by atoms with van der Waals surface area (Å²) < 4.78 is 22.0. The lowest BCUT2D eigenvalue weighted by atomic mass is 10.2. The molecule has 0 amide bonds. The van der Waals surface area contributed by atoms with Crippen molar-refractivity contribution in [2.24, 2.45) is 0 Å². The van der Waals surface area contributed by atoms with E-state index in [4.69, 9.17) is 9.05 Å². The monoisotopic (exact) mass is 226 g/mol. The summed E-state index contributed by atoms with van der Waals surface area (Å²) in [6.07, 6.45) is 1.77. The summed E-state index contributed by atoms with van der Waals surface area (Å²) in [4.78, 5) is 0. The van der Waals surface area contributed by atoms with Gasteiger partial charge >= 0.3 is 7.60 Å². The second kappa shape index (κ2) is 5.86. The van der Waals surface area contributed by atoms with Gasteiger partial charge in [0.2, 0.25) is 0 Å². The molecule has 15 heavy (non-hydrogen) atoms. The average Bonchev–Trinajstić information content (AvgIpc) is 2.28. The van der Waals surface area contributed by atoms with E-state index < -0.39 is 7.60 Å². The lowest BCUT2D eigenvalue weighted by molar-refractivity contribution is 0.228.